The standard InChI is InChI=1S/C12H14N2O2/c1-2-8-12(9-6-4-3-5-7-9)10(15)13-11(16)14-12/h3-7H,2,8H2,1H3,(H2,13,14,15,16)/t12-/m1/s1. The fourth-order valence-corrected chi connectivity index (χ4v) is 2.11. The van der Waals surface area contributed by atoms with Crippen LogP contribution in [0.4, 0.5) is 4.79 Å². The minimum absolute atomic E-state index is 0.259. The lowest BCUT2D eigenvalue weighted by molar-refractivity contribution is -0.124. The lowest BCUT2D eigenvalue weighted by Crippen LogP contribution is -2.43. The van der Waals surface area contributed by atoms with E-state index in [4.69, 9.17) is 0 Å². The number of imide groups is 1. The quantitative estimate of drug-likeness (QED) is 0.756. The number of hydrogen-bond acceptors (Lipinski definition) is 2. The first-order valence-corrected chi connectivity index (χ1v) is 5.38. The van der Waals surface area contributed by atoms with Crippen LogP contribution < -0.4 is 10.6 Å². The van der Waals surface area contributed by atoms with Crippen LogP contribution in [0.2, 0.25) is 0 Å². The molecule has 1 aromatic rings. The second-order valence-electron chi connectivity index (χ2n) is 3.93. The number of urea groups is 1. The van der Waals surface area contributed by atoms with Crippen molar-refractivity contribution in [2.45, 2.75) is 25.3 Å². The molecule has 0 aliphatic carbocycles. The smallest absolute Gasteiger partial charge is 0.319 e. The van der Waals surface area contributed by atoms with Gasteiger partial charge in [-0.25, -0.2) is 4.79 Å². The topological polar surface area (TPSA) is 58.2 Å². The zero-order chi connectivity index (χ0) is 11.6. The molecular weight excluding hydrogens is 204 g/mol. The molecule has 1 atom stereocenters. The molecule has 0 saturated carbocycles. The normalized spacial score (nSPS) is 24.1. The number of nitrogens with one attached hydrogen (secondary N) is 2. The van der Waals surface area contributed by atoms with E-state index in [1.54, 1.807) is 0 Å². The van der Waals surface area contributed by atoms with Gasteiger partial charge in [-0.05, 0) is 12.0 Å². The van der Waals surface area contributed by atoms with Gasteiger partial charge < -0.3 is 5.32 Å². The average molecular weight is 218 g/mol. The first kappa shape index (κ1) is 10.7. The second-order valence-corrected chi connectivity index (χ2v) is 3.93. The van der Waals surface area contributed by atoms with E-state index < -0.39 is 11.6 Å². The van der Waals surface area contributed by atoms with Crippen molar-refractivity contribution in [3.05, 3.63) is 35.9 Å². The van der Waals surface area contributed by atoms with Crippen molar-refractivity contribution in [3.8, 4) is 0 Å². The van der Waals surface area contributed by atoms with Crippen molar-refractivity contribution in [2.24, 2.45) is 0 Å². The Kier molecular flexibility index (Phi) is 2.64. The summed E-state index contributed by atoms with van der Waals surface area (Å²) in [6, 6.07) is 8.93. The van der Waals surface area contributed by atoms with Gasteiger partial charge in [-0.3, -0.25) is 10.1 Å². The van der Waals surface area contributed by atoms with Gasteiger partial charge in [0.2, 0.25) is 0 Å². The molecular formula is C12H14N2O2. The third-order valence-electron chi connectivity index (χ3n) is 2.83. The Morgan fingerprint density at radius 2 is 1.88 bits per heavy atom. The van der Waals surface area contributed by atoms with Crippen molar-refractivity contribution in [1.29, 1.82) is 0 Å². The molecule has 0 radical (unpaired) electrons. The van der Waals surface area contributed by atoms with E-state index in [2.05, 4.69) is 10.6 Å². The van der Waals surface area contributed by atoms with Crippen LogP contribution in [0.3, 0.4) is 0 Å². The predicted molar refractivity (Wildman–Crippen MR) is 59.7 cm³/mol. The Hall–Kier alpha value is -1.84. The van der Waals surface area contributed by atoms with Crippen molar-refractivity contribution < 1.29 is 9.59 Å². The molecule has 1 aromatic carbocycles. The average Bonchev–Trinajstić information content (AvgIpc) is 2.57. The molecule has 4 nitrogen and oxygen atoms in total. The fraction of sp³-hybridized carbons (Fsp3) is 0.333. The minimum atomic E-state index is -0.882. The zero-order valence-corrected chi connectivity index (χ0v) is 9.12. The summed E-state index contributed by atoms with van der Waals surface area (Å²) in [5.74, 6) is -0.259. The molecule has 4 heteroatoms. The van der Waals surface area contributed by atoms with Gasteiger partial charge in [0.1, 0.15) is 5.54 Å². The van der Waals surface area contributed by atoms with E-state index in [1.807, 2.05) is 37.3 Å². The van der Waals surface area contributed by atoms with Crippen LogP contribution >= 0.6 is 0 Å². The maximum atomic E-state index is 11.9. The van der Waals surface area contributed by atoms with Crippen LogP contribution in [-0.4, -0.2) is 11.9 Å². The summed E-state index contributed by atoms with van der Waals surface area (Å²) in [5, 5.41) is 5.04. The van der Waals surface area contributed by atoms with Crippen LogP contribution in [0.5, 0.6) is 0 Å². The Morgan fingerprint density at radius 1 is 1.19 bits per heavy atom. The fourth-order valence-electron chi connectivity index (χ4n) is 2.11. The summed E-state index contributed by atoms with van der Waals surface area (Å²) >= 11 is 0. The highest BCUT2D eigenvalue weighted by molar-refractivity contribution is 6.07. The molecule has 1 heterocycles. The molecule has 2 rings (SSSR count). The van der Waals surface area contributed by atoms with Gasteiger partial charge in [0.15, 0.2) is 0 Å². The monoisotopic (exact) mass is 218 g/mol. The molecule has 16 heavy (non-hydrogen) atoms. The van der Waals surface area contributed by atoms with Crippen LogP contribution in [0, 0.1) is 0 Å². The summed E-state index contributed by atoms with van der Waals surface area (Å²) < 4.78 is 0. The number of carbonyl (C=O) groups excluding carboxylic acids is 2. The lowest BCUT2D eigenvalue weighted by atomic mass is 9.86. The van der Waals surface area contributed by atoms with Crippen LogP contribution in [-0.2, 0) is 10.3 Å². The van der Waals surface area contributed by atoms with E-state index in [-0.39, 0.29) is 5.91 Å². The Morgan fingerprint density at radius 3 is 2.38 bits per heavy atom. The minimum Gasteiger partial charge on any atom is -0.319 e. The summed E-state index contributed by atoms with van der Waals surface area (Å²) in [7, 11) is 0. The lowest BCUT2D eigenvalue weighted by Gasteiger charge is -2.25. The van der Waals surface area contributed by atoms with Crippen LogP contribution in [0.25, 0.3) is 0 Å². The van der Waals surface area contributed by atoms with Gasteiger partial charge >= 0.3 is 6.03 Å². The van der Waals surface area contributed by atoms with Gasteiger partial charge in [-0.15, -0.1) is 0 Å². The highest BCUT2D eigenvalue weighted by atomic mass is 16.2. The van der Waals surface area contributed by atoms with Crippen LogP contribution in [0.1, 0.15) is 25.3 Å². The van der Waals surface area contributed by atoms with E-state index in [0.717, 1.165) is 12.0 Å². The molecule has 2 N–H and O–H groups in total. The van der Waals surface area contributed by atoms with E-state index in [1.165, 1.54) is 0 Å². The van der Waals surface area contributed by atoms with Gasteiger partial charge in [0, 0.05) is 0 Å². The number of rotatable bonds is 3. The zero-order valence-electron chi connectivity index (χ0n) is 9.12. The first-order valence-electron chi connectivity index (χ1n) is 5.38. The van der Waals surface area contributed by atoms with Crippen molar-refractivity contribution in [2.75, 3.05) is 0 Å². The molecule has 3 amide bonds. The largest absolute Gasteiger partial charge is 0.322 e. The van der Waals surface area contributed by atoms with E-state index in [0.29, 0.717) is 6.42 Å². The SMILES string of the molecule is CCC[C@]1(c2ccccc2)NC(=O)NC1=O. The van der Waals surface area contributed by atoms with Gasteiger partial charge in [0.25, 0.3) is 5.91 Å². The Labute approximate surface area is 94.0 Å². The van der Waals surface area contributed by atoms with Crippen molar-refractivity contribution >= 4 is 11.9 Å². The third-order valence-corrected chi connectivity index (χ3v) is 2.83. The molecule has 0 spiro atoms. The van der Waals surface area contributed by atoms with E-state index in [9.17, 15) is 9.59 Å². The van der Waals surface area contributed by atoms with E-state index >= 15 is 0 Å². The first-order chi connectivity index (χ1) is 7.69. The summed E-state index contributed by atoms with van der Waals surface area (Å²) in [5.41, 5.74) is -0.0483. The Balaban J connectivity index is 2.44. The molecule has 0 aromatic heterocycles. The highest BCUT2D eigenvalue weighted by Crippen LogP contribution is 2.29. The maximum absolute atomic E-state index is 11.9. The maximum Gasteiger partial charge on any atom is 0.322 e. The second kappa shape index (κ2) is 3.96. The number of carbonyl (C=O) groups is 2. The predicted octanol–water partition coefficient (Wildman–Crippen LogP) is 1.52. The number of amides is 3. The summed E-state index contributed by atoms with van der Waals surface area (Å²) in [6.45, 7) is 1.99. The van der Waals surface area contributed by atoms with Gasteiger partial charge in [-0.2, -0.15) is 0 Å². The molecule has 1 fully saturated rings. The molecule has 0 unspecified atom stereocenters. The molecule has 84 valence electrons. The summed E-state index contributed by atoms with van der Waals surface area (Å²) in [6.07, 6.45) is 1.43. The molecule has 0 bridgehead atoms. The summed E-state index contributed by atoms with van der Waals surface area (Å²) in [4.78, 5) is 23.2. The number of benzene rings is 1. The van der Waals surface area contributed by atoms with Gasteiger partial charge in [0.05, 0.1) is 0 Å². The van der Waals surface area contributed by atoms with Crippen LogP contribution in [0.15, 0.2) is 30.3 Å². The number of hydrogen-bond donors (Lipinski definition) is 2. The molecule has 1 aliphatic rings. The third kappa shape index (κ3) is 1.56. The Bertz CT molecular complexity index is 416. The van der Waals surface area contributed by atoms with Crippen molar-refractivity contribution in [3.63, 3.8) is 0 Å². The molecule has 1 aliphatic heterocycles. The van der Waals surface area contributed by atoms with Gasteiger partial charge in [-0.1, -0.05) is 43.7 Å². The highest BCUT2D eigenvalue weighted by Gasteiger charge is 2.46. The molecule has 1 saturated heterocycles. The van der Waals surface area contributed by atoms with Crippen molar-refractivity contribution in [1.82, 2.24) is 10.6 Å².